The molecule has 1 heterocycles. The molecule has 0 radical (unpaired) electrons. The van der Waals surface area contributed by atoms with E-state index in [0.29, 0.717) is 0 Å². The SMILES string of the molecule is COc1cccc(OC)c1S(=O)(=O)Nc1noc2cccc([N+](=O)[O-])c12. The summed E-state index contributed by atoms with van der Waals surface area (Å²) < 4.78 is 43.1. The number of rotatable bonds is 6. The van der Waals surface area contributed by atoms with Gasteiger partial charge < -0.3 is 14.0 Å². The Balaban J connectivity index is 2.16. The number of hydrogen-bond donors (Lipinski definition) is 1. The van der Waals surface area contributed by atoms with Crippen LogP contribution in [0.3, 0.4) is 0 Å². The molecule has 1 N–H and O–H groups in total. The van der Waals surface area contributed by atoms with Crippen LogP contribution in [0.25, 0.3) is 11.0 Å². The highest BCUT2D eigenvalue weighted by Gasteiger charge is 2.29. The lowest BCUT2D eigenvalue weighted by Crippen LogP contribution is -2.15. The molecule has 0 aliphatic heterocycles. The summed E-state index contributed by atoms with van der Waals surface area (Å²) in [5.74, 6) is -0.224. The van der Waals surface area contributed by atoms with Crippen molar-refractivity contribution in [3.63, 3.8) is 0 Å². The smallest absolute Gasteiger partial charge is 0.284 e. The normalized spacial score (nSPS) is 11.3. The molecule has 3 rings (SSSR count). The van der Waals surface area contributed by atoms with Gasteiger partial charge in [0.05, 0.1) is 19.1 Å². The van der Waals surface area contributed by atoms with Gasteiger partial charge in [0.15, 0.2) is 16.3 Å². The number of nitrogens with one attached hydrogen (secondary N) is 1. The number of nitrogens with zero attached hydrogens (tertiary/aromatic N) is 2. The van der Waals surface area contributed by atoms with E-state index < -0.39 is 14.9 Å². The van der Waals surface area contributed by atoms with E-state index in [1.165, 1.54) is 44.6 Å². The molecule has 1 aromatic heterocycles. The van der Waals surface area contributed by atoms with E-state index in [-0.39, 0.29) is 38.9 Å². The number of fused-ring (bicyclic) bond motifs is 1. The van der Waals surface area contributed by atoms with Crippen LogP contribution in [0, 0.1) is 10.1 Å². The van der Waals surface area contributed by atoms with Gasteiger partial charge in [-0.1, -0.05) is 17.3 Å². The maximum atomic E-state index is 12.9. The summed E-state index contributed by atoms with van der Waals surface area (Å²) in [7, 11) is -1.63. The number of non-ortho nitro benzene ring substituents is 1. The molecule has 0 saturated carbocycles. The Bertz CT molecular complexity index is 1070. The lowest BCUT2D eigenvalue weighted by Gasteiger charge is -2.13. The Morgan fingerprint density at radius 1 is 1.12 bits per heavy atom. The summed E-state index contributed by atoms with van der Waals surface area (Å²) in [6.07, 6.45) is 0. The number of sulfonamides is 1. The third kappa shape index (κ3) is 2.88. The Morgan fingerprint density at radius 3 is 2.31 bits per heavy atom. The van der Waals surface area contributed by atoms with Gasteiger partial charge in [0, 0.05) is 6.07 Å². The second kappa shape index (κ2) is 6.52. The second-order valence-electron chi connectivity index (χ2n) is 5.04. The first-order valence-electron chi connectivity index (χ1n) is 7.15. The molecule has 3 aromatic rings. The number of nitro groups is 1. The van der Waals surface area contributed by atoms with Crippen LogP contribution in [0.5, 0.6) is 11.5 Å². The maximum Gasteiger partial charge on any atom is 0.284 e. The molecule has 0 amide bonds. The van der Waals surface area contributed by atoms with Crippen LogP contribution in [0.1, 0.15) is 0 Å². The average Bonchev–Trinajstić information content (AvgIpc) is 3.03. The fourth-order valence-corrected chi connectivity index (χ4v) is 3.78. The summed E-state index contributed by atoms with van der Waals surface area (Å²) in [4.78, 5) is 10.3. The molecule has 2 aromatic carbocycles. The number of anilines is 1. The van der Waals surface area contributed by atoms with Gasteiger partial charge in [-0.2, -0.15) is 0 Å². The summed E-state index contributed by atoms with van der Waals surface area (Å²) in [6.45, 7) is 0. The molecule has 136 valence electrons. The van der Waals surface area contributed by atoms with E-state index in [1.54, 1.807) is 6.07 Å². The fraction of sp³-hybridized carbons (Fsp3) is 0.133. The van der Waals surface area contributed by atoms with Crippen LogP contribution in [0.4, 0.5) is 11.5 Å². The van der Waals surface area contributed by atoms with Gasteiger partial charge in [0.2, 0.25) is 0 Å². The molecule has 0 atom stereocenters. The van der Waals surface area contributed by atoms with Crippen molar-refractivity contribution in [1.29, 1.82) is 0 Å². The molecule has 0 saturated heterocycles. The third-order valence-corrected chi connectivity index (χ3v) is 4.96. The summed E-state index contributed by atoms with van der Waals surface area (Å²) in [5, 5.41) is 14.8. The van der Waals surface area contributed by atoms with Crippen molar-refractivity contribution >= 4 is 32.5 Å². The molecule has 0 fully saturated rings. The molecule has 0 aliphatic carbocycles. The number of hydrogen-bond acceptors (Lipinski definition) is 8. The highest BCUT2D eigenvalue weighted by molar-refractivity contribution is 7.93. The molecule has 10 nitrogen and oxygen atoms in total. The fourth-order valence-electron chi connectivity index (χ4n) is 2.46. The topological polar surface area (TPSA) is 134 Å². The zero-order valence-corrected chi connectivity index (χ0v) is 14.4. The minimum Gasteiger partial charge on any atom is -0.495 e. The van der Waals surface area contributed by atoms with Gasteiger partial charge in [-0.05, 0) is 18.2 Å². The summed E-state index contributed by atoms with van der Waals surface area (Å²) >= 11 is 0. The van der Waals surface area contributed by atoms with Crippen LogP contribution in [0.15, 0.2) is 45.8 Å². The van der Waals surface area contributed by atoms with Crippen LogP contribution < -0.4 is 14.2 Å². The first kappa shape index (κ1) is 17.5. The predicted molar refractivity (Wildman–Crippen MR) is 91.0 cm³/mol. The quantitative estimate of drug-likeness (QED) is 0.510. The standard InChI is InChI=1S/C15H13N3O7S/c1-23-11-7-4-8-12(24-2)14(11)26(21,22)17-15-13-9(18(19)20)5-3-6-10(13)25-16-15/h3-8H,1-2H3,(H,16,17). The minimum atomic E-state index is -4.25. The second-order valence-corrected chi connectivity index (χ2v) is 6.65. The lowest BCUT2D eigenvalue weighted by molar-refractivity contribution is -0.383. The van der Waals surface area contributed by atoms with Crippen molar-refractivity contribution in [2.24, 2.45) is 0 Å². The Kier molecular flexibility index (Phi) is 4.38. The monoisotopic (exact) mass is 379 g/mol. The zero-order chi connectivity index (χ0) is 18.9. The predicted octanol–water partition coefficient (Wildman–Crippen LogP) is 2.55. The van der Waals surface area contributed by atoms with Crippen LogP contribution in [0.2, 0.25) is 0 Å². The van der Waals surface area contributed by atoms with Gasteiger partial charge in [0.25, 0.3) is 15.7 Å². The highest BCUT2D eigenvalue weighted by Crippen LogP contribution is 2.37. The summed E-state index contributed by atoms with van der Waals surface area (Å²) in [6, 6.07) is 8.53. The molecule has 26 heavy (non-hydrogen) atoms. The summed E-state index contributed by atoms with van der Waals surface area (Å²) in [5.41, 5.74) is -0.266. The average molecular weight is 379 g/mol. The third-order valence-electron chi connectivity index (χ3n) is 3.56. The number of benzene rings is 2. The van der Waals surface area contributed by atoms with E-state index in [1.807, 2.05) is 0 Å². The van der Waals surface area contributed by atoms with Gasteiger partial charge in [-0.25, -0.2) is 8.42 Å². The molecule has 11 heteroatoms. The van der Waals surface area contributed by atoms with Crippen LogP contribution in [-0.4, -0.2) is 32.7 Å². The van der Waals surface area contributed by atoms with Crippen molar-refractivity contribution in [3.05, 3.63) is 46.5 Å². The number of methoxy groups -OCH3 is 2. The maximum absolute atomic E-state index is 12.9. The molecular formula is C15H13N3O7S. The number of nitro benzene ring substituents is 1. The number of aromatic nitrogens is 1. The van der Waals surface area contributed by atoms with Crippen molar-refractivity contribution in [2.75, 3.05) is 18.9 Å². The van der Waals surface area contributed by atoms with Crippen molar-refractivity contribution in [3.8, 4) is 11.5 Å². The molecule has 0 spiro atoms. The van der Waals surface area contributed by atoms with Gasteiger partial charge in [-0.3, -0.25) is 14.8 Å². The highest BCUT2D eigenvalue weighted by atomic mass is 32.2. The van der Waals surface area contributed by atoms with E-state index >= 15 is 0 Å². The van der Waals surface area contributed by atoms with E-state index in [9.17, 15) is 18.5 Å². The largest absolute Gasteiger partial charge is 0.495 e. The zero-order valence-electron chi connectivity index (χ0n) is 13.6. The Labute approximate surface area is 147 Å². The molecule has 0 unspecified atom stereocenters. The van der Waals surface area contributed by atoms with Crippen molar-refractivity contribution in [2.45, 2.75) is 4.90 Å². The molecule has 0 bridgehead atoms. The molecular weight excluding hydrogens is 366 g/mol. The van der Waals surface area contributed by atoms with Gasteiger partial charge >= 0.3 is 0 Å². The first-order chi connectivity index (χ1) is 12.4. The van der Waals surface area contributed by atoms with Gasteiger partial charge in [0.1, 0.15) is 16.9 Å². The van der Waals surface area contributed by atoms with Gasteiger partial charge in [-0.15, -0.1) is 0 Å². The van der Waals surface area contributed by atoms with E-state index in [0.717, 1.165) is 0 Å². The molecule has 0 aliphatic rings. The number of ether oxygens (including phenoxy) is 2. The Hall–Kier alpha value is -3.34. The van der Waals surface area contributed by atoms with Crippen LogP contribution >= 0.6 is 0 Å². The first-order valence-corrected chi connectivity index (χ1v) is 8.64. The van der Waals surface area contributed by atoms with E-state index in [4.69, 9.17) is 14.0 Å². The van der Waals surface area contributed by atoms with Crippen LogP contribution in [-0.2, 0) is 10.0 Å². The van der Waals surface area contributed by atoms with E-state index in [2.05, 4.69) is 9.88 Å². The Morgan fingerprint density at radius 2 is 1.73 bits per heavy atom. The van der Waals surface area contributed by atoms with Crippen molar-refractivity contribution in [1.82, 2.24) is 5.16 Å². The lowest BCUT2D eigenvalue weighted by atomic mass is 10.2. The minimum absolute atomic E-state index is 0.0409. The van der Waals surface area contributed by atoms with Crippen molar-refractivity contribution < 1.29 is 27.3 Å².